The van der Waals surface area contributed by atoms with Gasteiger partial charge < -0.3 is 9.84 Å². The number of hydrogen-bond donors (Lipinski definition) is 1. The number of thiophene rings is 1. The van der Waals surface area contributed by atoms with E-state index in [0.717, 1.165) is 19.4 Å². The molecule has 1 unspecified atom stereocenters. The highest BCUT2D eigenvalue weighted by molar-refractivity contribution is 7.12. The van der Waals surface area contributed by atoms with E-state index in [-0.39, 0.29) is 5.75 Å². The fraction of sp³-hybridized carbons (Fsp3) is 0.524. The Bertz CT molecular complexity index is 795. The first-order chi connectivity index (χ1) is 12.0. The van der Waals surface area contributed by atoms with Gasteiger partial charge in [0.15, 0.2) is 11.5 Å². The molecule has 0 amide bonds. The van der Waals surface area contributed by atoms with E-state index < -0.39 is 0 Å². The van der Waals surface area contributed by atoms with E-state index in [1.54, 1.807) is 7.11 Å². The lowest BCUT2D eigenvalue weighted by Crippen LogP contribution is -2.44. The third-order valence-electron chi connectivity index (χ3n) is 5.57. The van der Waals surface area contributed by atoms with Crippen LogP contribution in [0.1, 0.15) is 53.3 Å². The first kappa shape index (κ1) is 16.9. The van der Waals surface area contributed by atoms with Crippen molar-refractivity contribution in [3.8, 4) is 11.5 Å². The highest BCUT2D eigenvalue weighted by Crippen LogP contribution is 2.45. The molecule has 0 saturated carbocycles. The van der Waals surface area contributed by atoms with E-state index in [2.05, 4.69) is 31.7 Å². The van der Waals surface area contributed by atoms with Gasteiger partial charge in [0.1, 0.15) is 0 Å². The van der Waals surface area contributed by atoms with Crippen molar-refractivity contribution < 1.29 is 9.84 Å². The zero-order chi connectivity index (χ0) is 17.7. The Labute approximate surface area is 154 Å². The van der Waals surface area contributed by atoms with Crippen molar-refractivity contribution in [2.24, 2.45) is 5.92 Å². The number of phenols is 1. The van der Waals surface area contributed by atoms with Gasteiger partial charge in [-0.15, -0.1) is 11.3 Å². The summed E-state index contributed by atoms with van der Waals surface area (Å²) < 4.78 is 5.32. The molecule has 4 heteroatoms. The molecule has 0 aliphatic carbocycles. The molecule has 1 aromatic carbocycles. The molecule has 0 saturated heterocycles. The predicted molar refractivity (Wildman–Crippen MR) is 103 cm³/mol. The minimum absolute atomic E-state index is 0.258. The molecule has 2 aliphatic heterocycles. The van der Waals surface area contributed by atoms with E-state index in [4.69, 9.17) is 4.74 Å². The van der Waals surface area contributed by atoms with Crippen molar-refractivity contribution in [2.45, 2.75) is 58.7 Å². The number of rotatable bonds is 3. The Balaban J connectivity index is 1.71. The molecular weight excluding hydrogens is 330 g/mol. The molecule has 4 rings (SSSR count). The standard InChI is InChI=1S/C21H27NO2S/c1-12(2)5-16-7-15-11-22-13(3)6-14-8-20(24-4)19(23)9-17(14)18(22)10-21(15)25-16/h7-9,12-13,18,23H,5-6,10-11H2,1-4H3/t13?,18-/m0/s1. The van der Waals surface area contributed by atoms with E-state index in [9.17, 15) is 5.11 Å². The molecule has 2 atom stereocenters. The fourth-order valence-corrected chi connectivity index (χ4v) is 5.83. The molecule has 0 fully saturated rings. The highest BCUT2D eigenvalue weighted by atomic mass is 32.1. The van der Waals surface area contributed by atoms with Crippen LogP contribution in [0.3, 0.4) is 0 Å². The van der Waals surface area contributed by atoms with Crippen LogP contribution in [0.2, 0.25) is 0 Å². The maximum atomic E-state index is 10.3. The van der Waals surface area contributed by atoms with Crippen LogP contribution in [0.15, 0.2) is 18.2 Å². The smallest absolute Gasteiger partial charge is 0.160 e. The number of hydrogen-bond acceptors (Lipinski definition) is 4. The molecule has 0 spiro atoms. The van der Waals surface area contributed by atoms with Gasteiger partial charge in [-0.1, -0.05) is 13.8 Å². The molecule has 2 aliphatic rings. The maximum absolute atomic E-state index is 10.3. The second kappa shape index (κ2) is 6.33. The van der Waals surface area contributed by atoms with E-state index in [1.165, 1.54) is 32.9 Å². The average molecular weight is 358 g/mol. The molecule has 25 heavy (non-hydrogen) atoms. The Morgan fingerprint density at radius 1 is 1.24 bits per heavy atom. The quantitative estimate of drug-likeness (QED) is 0.864. The number of benzene rings is 1. The Morgan fingerprint density at radius 2 is 2.04 bits per heavy atom. The van der Waals surface area contributed by atoms with E-state index in [0.29, 0.717) is 23.8 Å². The van der Waals surface area contributed by atoms with Gasteiger partial charge >= 0.3 is 0 Å². The van der Waals surface area contributed by atoms with Gasteiger partial charge in [0, 0.05) is 34.8 Å². The Hall–Kier alpha value is -1.52. The van der Waals surface area contributed by atoms with Gasteiger partial charge in [-0.25, -0.2) is 0 Å². The summed E-state index contributed by atoms with van der Waals surface area (Å²) >= 11 is 1.99. The number of fused-ring (bicyclic) bond motifs is 4. The average Bonchev–Trinajstić information content (AvgIpc) is 2.94. The molecule has 1 N–H and O–H groups in total. The molecule has 3 heterocycles. The largest absolute Gasteiger partial charge is 0.504 e. The van der Waals surface area contributed by atoms with Gasteiger partial charge in [-0.2, -0.15) is 0 Å². The van der Waals surface area contributed by atoms with Crippen LogP contribution in [0.25, 0.3) is 0 Å². The van der Waals surface area contributed by atoms with Crippen LogP contribution >= 0.6 is 11.3 Å². The Kier molecular flexibility index (Phi) is 4.28. The topological polar surface area (TPSA) is 32.7 Å². The van der Waals surface area contributed by atoms with Crippen molar-refractivity contribution in [3.63, 3.8) is 0 Å². The lowest BCUT2D eigenvalue weighted by Gasteiger charge is -2.44. The maximum Gasteiger partial charge on any atom is 0.160 e. The number of phenolic OH excluding ortho intramolecular Hbond substituents is 1. The first-order valence-electron chi connectivity index (χ1n) is 9.22. The third kappa shape index (κ3) is 2.96. The summed E-state index contributed by atoms with van der Waals surface area (Å²) in [5.41, 5.74) is 4.12. The van der Waals surface area contributed by atoms with Crippen LogP contribution in [-0.4, -0.2) is 23.2 Å². The molecule has 3 nitrogen and oxygen atoms in total. The second-order valence-corrected chi connectivity index (χ2v) is 9.15. The van der Waals surface area contributed by atoms with Gasteiger partial charge in [-0.3, -0.25) is 4.90 Å². The van der Waals surface area contributed by atoms with Gasteiger partial charge in [-0.05, 0) is 60.6 Å². The first-order valence-corrected chi connectivity index (χ1v) is 10.0. The van der Waals surface area contributed by atoms with Gasteiger partial charge in [0.2, 0.25) is 0 Å². The minimum atomic E-state index is 0.258. The molecule has 2 aromatic rings. The predicted octanol–water partition coefficient (Wildman–Crippen LogP) is 4.70. The summed E-state index contributed by atoms with van der Waals surface area (Å²) in [6, 6.07) is 7.28. The molecular formula is C21H27NO2S. The second-order valence-electron chi connectivity index (χ2n) is 7.93. The number of methoxy groups -OCH3 is 1. The van der Waals surface area contributed by atoms with Crippen LogP contribution < -0.4 is 4.74 Å². The molecule has 134 valence electrons. The third-order valence-corrected chi connectivity index (χ3v) is 6.79. The van der Waals surface area contributed by atoms with Crippen LogP contribution in [0, 0.1) is 5.92 Å². The van der Waals surface area contributed by atoms with Gasteiger partial charge in [0.25, 0.3) is 0 Å². The van der Waals surface area contributed by atoms with E-state index in [1.807, 2.05) is 23.5 Å². The highest BCUT2D eigenvalue weighted by Gasteiger charge is 2.37. The number of nitrogens with zero attached hydrogens (tertiary/aromatic N) is 1. The summed E-state index contributed by atoms with van der Waals surface area (Å²) in [4.78, 5) is 5.67. The summed E-state index contributed by atoms with van der Waals surface area (Å²) in [7, 11) is 1.62. The summed E-state index contributed by atoms with van der Waals surface area (Å²) in [6.07, 6.45) is 3.24. The number of aromatic hydroxyl groups is 1. The Morgan fingerprint density at radius 3 is 2.76 bits per heavy atom. The minimum Gasteiger partial charge on any atom is -0.504 e. The van der Waals surface area contributed by atoms with Crippen molar-refractivity contribution in [3.05, 3.63) is 44.6 Å². The van der Waals surface area contributed by atoms with Crippen molar-refractivity contribution in [2.75, 3.05) is 7.11 Å². The van der Waals surface area contributed by atoms with Crippen LogP contribution in [-0.2, 0) is 25.8 Å². The molecule has 0 bridgehead atoms. The van der Waals surface area contributed by atoms with Crippen molar-refractivity contribution in [1.82, 2.24) is 4.90 Å². The normalized spacial score (nSPS) is 22.4. The summed E-state index contributed by atoms with van der Waals surface area (Å²) in [5, 5.41) is 10.3. The zero-order valence-electron chi connectivity index (χ0n) is 15.5. The van der Waals surface area contributed by atoms with Crippen molar-refractivity contribution >= 4 is 11.3 Å². The summed E-state index contributed by atoms with van der Waals surface area (Å²) in [5.74, 6) is 1.55. The van der Waals surface area contributed by atoms with Crippen molar-refractivity contribution in [1.29, 1.82) is 0 Å². The van der Waals surface area contributed by atoms with Crippen LogP contribution in [0.4, 0.5) is 0 Å². The molecule has 0 radical (unpaired) electrons. The SMILES string of the molecule is COc1cc2c(cc1O)[C@@H]1Cc3sc(CC(C)C)cc3CN1C(C)C2. The van der Waals surface area contributed by atoms with Gasteiger partial charge in [0.05, 0.1) is 7.11 Å². The zero-order valence-corrected chi connectivity index (χ0v) is 16.3. The lowest BCUT2D eigenvalue weighted by molar-refractivity contribution is 0.107. The lowest BCUT2D eigenvalue weighted by atomic mass is 9.83. The molecule has 1 aromatic heterocycles. The monoisotopic (exact) mass is 357 g/mol. The van der Waals surface area contributed by atoms with Crippen LogP contribution in [0.5, 0.6) is 11.5 Å². The van der Waals surface area contributed by atoms with E-state index >= 15 is 0 Å². The fourth-order valence-electron chi connectivity index (χ4n) is 4.40. The summed E-state index contributed by atoms with van der Waals surface area (Å²) in [6.45, 7) is 7.93. The number of ether oxygens (including phenoxy) is 1.